The predicted molar refractivity (Wildman–Crippen MR) is 106 cm³/mol. The number of aryl methyl sites for hydroxylation is 1. The highest BCUT2D eigenvalue weighted by Crippen LogP contribution is 2.38. The summed E-state index contributed by atoms with van der Waals surface area (Å²) in [5.74, 6) is -0.717. The van der Waals surface area contributed by atoms with Crippen LogP contribution in [-0.2, 0) is 27.2 Å². The molecule has 5 nitrogen and oxygen atoms in total. The van der Waals surface area contributed by atoms with Crippen LogP contribution in [0.25, 0.3) is 0 Å². The van der Waals surface area contributed by atoms with Crippen molar-refractivity contribution in [1.29, 1.82) is 0 Å². The summed E-state index contributed by atoms with van der Waals surface area (Å²) in [6.07, 6.45) is 5.20. The van der Waals surface area contributed by atoms with Crippen LogP contribution in [0.1, 0.15) is 57.1 Å². The fourth-order valence-electron chi connectivity index (χ4n) is 4.33. The quantitative estimate of drug-likeness (QED) is 0.747. The van der Waals surface area contributed by atoms with Crippen LogP contribution in [0.15, 0.2) is 12.1 Å². The number of rotatable bonds is 6. The predicted octanol–water partition coefficient (Wildman–Crippen LogP) is 3.97. The van der Waals surface area contributed by atoms with Gasteiger partial charge in [-0.05, 0) is 42.9 Å². The summed E-state index contributed by atoms with van der Waals surface area (Å²) in [5.41, 5.74) is 2.72. The van der Waals surface area contributed by atoms with Gasteiger partial charge in [-0.15, -0.1) is 0 Å². The molecule has 3 amide bonds. The van der Waals surface area contributed by atoms with Gasteiger partial charge in [0, 0.05) is 23.7 Å². The molecule has 0 radical (unpaired) electrons. The smallest absolute Gasteiger partial charge is 0.233 e. The minimum atomic E-state index is -0.197. The van der Waals surface area contributed by atoms with Crippen LogP contribution in [0.2, 0.25) is 5.02 Å². The number of imide groups is 1. The van der Waals surface area contributed by atoms with Crippen LogP contribution in [0.4, 0.5) is 5.69 Å². The molecule has 0 spiro atoms. The van der Waals surface area contributed by atoms with E-state index >= 15 is 0 Å². The molecule has 146 valence electrons. The van der Waals surface area contributed by atoms with Crippen LogP contribution in [0, 0.1) is 11.8 Å². The molecule has 0 bridgehead atoms. The van der Waals surface area contributed by atoms with E-state index in [-0.39, 0.29) is 42.5 Å². The summed E-state index contributed by atoms with van der Waals surface area (Å²) in [7, 11) is 0. The number of carbonyl (C=O) groups is 3. The van der Waals surface area contributed by atoms with Gasteiger partial charge in [-0.3, -0.25) is 19.3 Å². The zero-order valence-electron chi connectivity index (χ0n) is 16.0. The lowest BCUT2D eigenvalue weighted by molar-refractivity contribution is -0.140. The first-order chi connectivity index (χ1) is 13.0. The van der Waals surface area contributed by atoms with Gasteiger partial charge in [0.2, 0.25) is 17.7 Å². The van der Waals surface area contributed by atoms with Crippen molar-refractivity contribution in [3.8, 4) is 0 Å². The first-order valence-corrected chi connectivity index (χ1v) is 10.3. The van der Waals surface area contributed by atoms with Gasteiger partial charge in [0.25, 0.3) is 0 Å². The number of likely N-dealkylation sites (tertiary alicyclic amines) is 1. The normalized spacial score (nSPS) is 22.1. The molecular formula is C21H27ClN2O3. The number of anilines is 1. The molecule has 1 aromatic rings. The standard InChI is InChI=1S/C21H27ClN2O3/c1-3-13-9-10-17(22)14(4-2)19(13)23-18(25)11-12-24-20(26)15-7-5-6-8-16(15)21(24)27/h9-10,15-16H,3-8,11-12H2,1-2H3,(H,23,25)/t15-,16+. The third-order valence-electron chi connectivity index (χ3n) is 5.84. The van der Waals surface area contributed by atoms with E-state index in [2.05, 4.69) is 5.32 Å². The number of nitrogens with zero attached hydrogens (tertiary/aromatic N) is 1. The Kier molecular flexibility index (Phi) is 6.20. The van der Waals surface area contributed by atoms with Gasteiger partial charge in [0.1, 0.15) is 0 Å². The highest BCUT2D eigenvalue weighted by atomic mass is 35.5. The first kappa shape index (κ1) is 19.9. The highest BCUT2D eigenvalue weighted by molar-refractivity contribution is 6.32. The number of fused-ring (bicyclic) bond motifs is 1. The van der Waals surface area contributed by atoms with Crippen molar-refractivity contribution in [1.82, 2.24) is 4.90 Å². The Morgan fingerprint density at radius 1 is 1.11 bits per heavy atom. The molecule has 1 aliphatic carbocycles. The largest absolute Gasteiger partial charge is 0.325 e. The zero-order chi connectivity index (χ0) is 19.6. The molecule has 1 aromatic carbocycles. The lowest BCUT2D eigenvalue weighted by atomic mass is 9.81. The maximum atomic E-state index is 12.5. The second-order valence-corrected chi connectivity index (χ2v) is 7.80. The first-order valence-electron chi connectivity index (χ1n) is 9.93. The van der Waals surface area contributed by atoms with Crippen molar-refractivity contribution in [2.24, 2.45) is 11.8 Å². The van der Waals surface area contributed by atoms with E-state index in [1.165, 1.54) is 4.90 Å². The third-order valence-corrected chi connectivity index (χ3v) is 6.19. The van der Waals surface area contributed by atoms with Gasteiger partial charge in [-0.25, -0.2) is 0 Å². The van der Waals surface area contributed by atoms with Crippen LogP contribution in [-0.4, -0.2) is 29.2 Å². The number of nitrogens with one attached hydrogen (secondary N) is 1. The number of amides is 3. The minimum Gasteiger partial charge on any atom is -0.325 e. The van der Waals surface area contributed by atoms with E-state index < -0.39 is 0 Å². The Morgan fingerprint density at radius 2 is 1.74 bits per heavy atom. The lowest BCUT2D eigenvalue weighted by Gasteiger charge is -2.19. The molecule has 1 saturated heterocycles. The molecule has 2 fully saturated rings. The third kappa shape index (κ3) is 3.88. The van der Waals surface area contributed by atoms with E-state index in [4.69, 9.17) is 11.6 Å². The van der Waals surface area contributed by atoms with E-state index in [0.29, 0.717) is 5.02 Å². The Bertz CT molecular complexity index is 738. The Labute approximate surface area is 165 Å². The Morgan fingerprint density at radius 3 is 2.30 bits per heavy atom. The Balaban J connectivity index is 1.66. The van der Waals surface area contributed by atoms with Gasteiger partial charge in [0.05, 0.1) is 11.8 Å². The maximum Gasteiger partial charge on any atom is 0.233 e. The SMILES string of the molecule is CCc1ccc(Cl)c(CC)c1NC(=O)CCN1C(=O)[C@H]2CCCC[C@H]2C1=O. The molecule has 27 heavy (non-hydrogen) atoms. The molecule has 2 atom stereocenters. The molecule has 1 heterocycles. The molecular weight excluding hydrogens is 364 g/mol. The molecule has 0 aromatic heterocycles. The maximum absolute atomic E-state index is 12.5. The molecule has 6 heteroatoms. The fourth-order valence-corrected chi connectivity index (χ4v) is 4.62. The molecule has 1 N–H and O–H groups in total. The van der Waals surface area contributed by atoms with Crippen molar-refractivity contribution < 1.29 is 14.4 Å². The van der Waals surface area contributed by atoms with Gasteiger partial charge in [-0.1, -0.05) is 44.4 Å². The van der Waals surface area contributed by atoms with Gasteiger partial charge in [-0.2, -0.15) is 0 Å². The van der Waals surface area contributed by atoms with Crippen molar-refractivity contribution >= 4 is 35.0 Å². The van der Waals surface area contributed by atoms with E-state index in [1.54, 1.807) is 0 Å². The van der Waals surface area contributed by atoms with Crippen molar-refractivity contribution in [2.75, 3.05) is 11.9 Å². The molecule has 1 aliphatic heterocycles. The van der Waals surface area contributed by atoms with Crippen molar-refractivity contribution in [3.63, 3.8) is 0 Å². The molecule has 1 saturated carbocycles. The lowest BCUT2D eigenvalue weighted by Crippen LogP contribution is -2.34. The molecule has 3 rings (SSSR count). The number of halogens is 1. The van der Waals surface area contributed by atoms with E-state index in [1.807, 2.05) is 26.0 Å². The highest BCUT2D eigenvalue weighted by Gasteiger charge is 2.47. The monoisotopic (exact) mass is 390 g/mol. The summed E-state index contributed by atoms with van der Waals surface area (Å²) in [6, 6.07) is 3.79. The van der Waals surface area contributed by atoms with Crippen LogP contribution < -0.4 is 5.32 Å². The summed E-state index contributed by atoms with van der Waals surface area (Å²) in [4.78, 5) is 38.9. The van der Waals surface area contributed by atoms with Crippen LogP contribution >= 0.6 is 11.6 Å². The summed E-state index contributed by atoms with van der Waals surface area (Å²) < 4.78 is 0. The second-order valence-electron chi connectivity index (χ2n) is 7.39. The van der Waals surface area contributed by atoms with Gasteiger partial charge >= 0.3 is 0 Å². The second kappa shape index (κ2) is 8.42. The van der Waals surface area contributed by atoms with Crippen molar-refractivity contribution in [3.05, 3.63) is 28.3 Å². The summed E-state index contributed by atoms with van der Waals surface area (Å²) >= 11 is 6.28. The number of benzene rings is 1. The van der Waals surface area contributed by atoms with Crippen molar-refractivity contribution in [2.45, 2.75) is 58.8 Å². The number of hydrogen-bond donors (Lipinski definition) is 1. The fraction of sp³-hybridized carbons (Fsp3) is 0.571. The summed E-state index contributed by atoms with van der Waals surface area (Å²) in [6.45, 7) is 4.18. The molecule has 2 aliphatic rings. The summed E-state index contributed by atoms with van der Waals surface area (Å²) in [5, 5.41) is 3.60. The van der Waals surface area contributed by atoms with Gasteiger partial charge in [0.15, 0.2) is 0 Å². The van der Waals surface area contributed by atoms with E-state index in [0.717, 1.165) is 55.3 Å². The molecule has 0 unspecified atom stereocenters. The number of hydrogen-bond acceptors (Lipinski definition) is 3. The number of carbonyl (C=O) groups excluding carboxylic acids is 3. The topological polar surface area (TPSA) is 66.5 Å². The average molecular weight is 391 g/mol. The Hall–Kier alpha value is -1.88. The average Bonchev–Trinajstić information content (AvgIpc) is 2.91. The van der Waals surface area contributed by atoms with E-state index in [9.17, 15) is 14.4 Å². The minimum absolute atomic E-state index is 0.0937. The van der Waals surface area contributed by atoms with Crippen LogP contribution in [0.5, 0.6) is 0 Å². The van der Waals surface area contributed by atoms with Crippen LogP contribution in [0.3, 0.4) is 0 Å². The van der Waals surface area contributed by atoms with Gasteiger partial charge < -0.3 is 5.32 Å². The zero-order valence-corrected chi connectivity index (χ0v) is 16.8.